The molecule has 0 N–H and O–H groups in total. The van der Waals surface area contributed by atoms with Crippen LogP contribution < -0.4 is 4.90 Å². The van der Waals surface area contributed by atoms with Gasteiger partial charge in [-0.05, 0) is 115 Å². The minimum atomic E-state index is -0.287. The highest BCUT2D eigenvalue weighted by Gasteiger charge is 2.58. The summed E-state index contributed by atoms with van der Waals surface area (Å²) < 4.78 is 0. The Bertz CT molecular complexity index is 2520. The highest BCUT2D eigenvalue weighted by atomic mass is 15.1. The molecular weight excluding hydrogens is 639 g/mol. The average Bonchev–Trinajstić information content (AvgIpc) is 3.51. The molecule has 254 valence electrons. The van der Waals surface area contributed by atoms with Crippen molar-refractivity contribution in [2.45, 2.75) is 24.7 Å². The van der Waals surface area contributed by atoms with Crippen LogP contribution in [0.15, 0.2) is 200 Å². The van der Waals surface area contributed by atoms with Gasteiger partial charge >= 0.3 is 0 Å². The molecule has 1 heteroatoms. The van der Waals surface area contributed by atoms with Crippen molar-refractivity contribution >= 4 is 17.1 Å². The monoisotopic (exact) mass is 679 g/mol. The van der Waals surface area contributed by atoms with Gasteiger partial charge in [-0.15, -0.1) is 0 Å². The minimum absolute atomic E-state index is 0.00253. The fraction of sp³-hybridized carbons (Fsp3) is 0.115. The van der Waals surface area contributed by atoms with Gasteiger partial charge < -0.3 is 4.90 Å². The summed E-state index contributed by atoms with van der Waals surface area (Å²) in [6.45, 7) is 4.88. The molecule has 10 rings (SSSR count). The maximum atomic E-state index is 2.52. The first kappa shape index (κ1) is 31.5. The van der Waals surface area contributed by atoms with E-state index in [0.717, 1.165) is 17.1 Å². The third-order valence-electron chi connectivity index (χ3n) is 12.3. The van der Waals surface area contributed by atoms with Crippen molar-refractivity contribution in [3.8, 4) is 33.4 Å². The molecule has 0 bridgehead atoms. The predicted molar refractivity (Wildman–Crippen MR) is 222 cm³/mol. The highest BCUT2D eigenvalue weighted by Crippen LogP contribution is 2.65. The van der Waals surface area contributed by atoms with Crippen LogP contribution in [0.4, 0.5) is 17.1 Å². The molecule has 3 atom stereocenters. The third kappa shape index (κ3) is 4.77. The van der Waals surface area contributed by atoms with Crippen molar-refractivity contribution in [2.75, 3.05) is 4.90 Å². The number of hydrogen-bond donors (Lipinski definition) is 0. The van der Waals surface area contributed by atoms with Gasteiger partial charge in [-0.25, -0.2) is 0 Å². The van der Waals surface area contributed by atoms with Crippen LogP contribution >= 0.6 is 0 Å². The maximum Gasteiger partial charge on any atom is 0.0535 e. The first-order chi connectivity index (χ1) is 26.0. The van der Waals surface area contributed by atoms with E-state index in [1.807, 2.05) is 0 Å². The first-order valence-corrected chi connectivity index (χ1v) is 18.9. The van der Waals surface area contributed by atoms with Crippen LogP contribution in [0.5, 0.6) is 0 Å². The van der Waals surface area contributed by atoms with Crippen molar-refractivity contribution in [1.82, 2.24) is 0 Å². The van der Waals surface area contributed by atoms with E-state index in [1.165, 1.54) is 55.6 Å². The smallest absolute Gasteiger partial charge is 0.0535 e. The zero-order valence-corrected chi connectivity index (χ0v) is 30.2. The average molecular weight is 680 g/mol. The molecule has 0 radical (unpaired) electrons. The number of rotatable bonds is 5. The van der Waals surface area contributed by atoms with Crippen LogP contribution in [-0.4, -0.2) is 0 Å². The lowest BCUT2D eigenvalue weighted by molar-refractivity contribution is 0.219. The molecule has 0 aromatic heterocycles. The van der Waals surface area contributed by atoms with Crippen LogP contribution in [0, 0.1) is 11.8 Å². The Morgan fingerprint density at radius 3 is 1.58 bits per heavy atom. The molecule has 3 unspecified atom stereocenters. The molecule has 3 aliphatic rings. The SMILES string of the molecule is CC1(C)c2ccccc2C2(c3ccccc3-c3ccc(-c4cccc(-c5cccc(N(c6ccccc6)c6ccccc6)c5)c4)cc32)C2C=CC=CC21. The summed E-state index contributed by atoms with van der Waals surface area (Å²) in [5.74, 6) is 0.660. The van der Waals surface area contributed by atoms with Crippen LogP contribution in [0.1, 0.15) is 36.1 Å². The molecule has 53 heavy (non-hydrogen) atoms. The van der Waals surface area contributed by atoms with Gasteiger partial charge in [0.1, 0.15) is 0 Å². The highest BCUT2D eigenvalue weighted by molar-refractivity contribution is 5.88. The molecule has 1 nitrogen and oxygen atoms in total. The minimum Gasteiger partial charge on any atom is -0.310 e. The number of nitrogens with zero attached hydrogens (tertiary/aromatic N) is 1. The van der Waals surface area contributed by atoms with E-state index in [-0.39, 0.29) is 10.8 Å². The molecule has 0 heterocycles. The summed E-state index contributed by atoms with van der Waals surface area (Å²) in [7, 11) is 0. The molecule has 0 saturated heterocycles. The van der Waals surface area contributed by atoms with E-state index in [1.54, 1.807) is 0 Å². The Hall–Kier alpha value is -6.18. The van der Waals surface area contributed by atoms with Gasteiger partial charge in [-0.2, -0.15) is 0 Å². The van der Waals surface area contributed by atoms with Gasteiger partial charge in [0.25, 0.3) is 0 Å². The quantitative estimate of drug-likeness (QED) is 0.175. The second-order valence-electron chi connectivity index (χ2n) is 15.3. The lowest BCUT2D eigenvalue weighted by atomic mass is 9.48. The molecule has 0 amide bonds. The van der Waals surface area contributed by atoms with Crippen LogP contribution in [0.2, 0.25) is 0 Å². The second-order valence-corrected chi connectivity index (χ2v) is 15.3. The van der Waals surface area contributed by atoms with Gasteiger partial charge in [0.05, 0.1) is 5.41 Å². The summed E-state index contributed by atoms with van der Waals surface area (Å²) in [5.41, 5.74) is 16.4. The number of anilines is 3. The zero-order chi connectivity index (χ0) is 35.6. The van der Waals surface area contributed by atoms with Gasteiger partial charge in [-0.3, -0.25) is 0 Å². The lowest BCUT2D eigenvalue weighted by Gasteiger charge is -2.54. The molecule has 0 saturated carbocycles. The third-order valence-corrected chi connectivity index (χ3v) is 12.3. The van der Waals surface area contributed by atoms with E-state index < -0.39 is 0 Å². The summed E-state index contributed by atoms with van der Waals surface area (Å²) in [6, 6.07) is 65.0. The maximum absolute atomic E-state index is 2.52. The number of fused-ring (bicyclic) bond motifs is 9. The van der Waals surface area contributed by atoms with E-state index in [9.17, 15) is 0 Å². The molecular formula is C52H41N. The Kier molecular flexibility index (Phi) is 7.27. The second kappa shape index (κ2) is 12.2. The van der Waals surface area contributed by atoms with Crippen molar-refractivity contribution < 1.29 is 0 Å². The molecule has 3 aliphatic carbocycles. The van der Waals surface area contributed by atoms with Gasteiger partial charge in [0, 0.05) is 23.0 Å². The van der Waals surface area contributed by atoms with Crippen molar-refractivity contribution in [3.05, 3.63) is 222 Å². The fourth-order valence-electron chi connectivity index (χ4n) is 9.90. The zero-order valence-electron chi connectivity index (χ0n) is 30.2. The molecule has 7 aromatic rings. The Morgan fingerprint density at radius 2 is 0.887 bits per heavy atom. The summed E-state index contributed by atoms with van der Waals surface area (Å²) in [5, 5.41) is 0. The van der Waals surface area contributed by atoms with Crippen LogP contribution in [0.3, 0.4) is 0 Å². The van der Waals surface area contributed by atoms with Gasteiger partial charge in [0.2, 0.25) is 0 Å². The van der Waals surface area contributed by atoms with E-state index in [0.29, 0.717) is 11.8 Å². The Labute approximate surface area is 313 Å². The molecule has 1 spiro atoms. The molecule has 0 fully saturated rings. The van der Waals surface area contributed by atoms with E-state index in [4.69, 9.17) is 0 Å². The Balaban J connectivity index is 1.12. The van der Waals surface area contributed by atoms with Crippen molar-refractivity contribution in [3.63, 3.8) is 0 Å². The number of benzene rings is 7. The number of hydrogen-bond acceptors (Lipinski definition) is 1. The van der Waals surface area contributed by atoms with E-state index in [2.05, 4.69) is 219 Å². The number of allylic oxidation sites excluding steroid dienone is 4. The predicted octanol–water partition coefficient (Wildman–Crippen LogP) is 13.5. The Morgan fingerprint density at radius 1 is 0.377 bits per heavy atom. The van der Waals surface area contributed by atoms with Crippen molar-refractivity contribution in [2.24, 2.45) is 11.8 Å². The molecule has 7 aromatic carbocycles. The topological polar surface area (TPSA) is 3.24 Å². The fourth-order valence-corrected chi connectivity index (χ4v) is 9.90. The van der Waals surface area contributed by atoms with Crippen LogP contribution in [-0.2, 0) is 10.8 Å². The largest absolute Gasteiger partial charge is 0.310 e. The van der Waals surface area contributed by atoms with E-state index >= 15 is 0 Å². The normalized spacial score (nSPS) is 20.0. The summed E-state index contributed by atoms with van der Waals surface area (Å²) >= 11 is 0. The van der Waals surface area contributed by atoms with Gasteiger partial charge in [-0.1, -0.05) is 166 Å². The first-order valence-electron chi connectivity index (χ1n) is 18.9. The molecule has 0 aliphatic heterocycles. The van der Waals surface area contributed by atoms with Gasteiger partial charge in [0.15, 0.2) is 0 Å². The number of para-hydroxylation sites is 2. The summed E-state index contributed by atoms with van der Waals surface area (Å²) in [4.78, 5) is 2.33. The lowest BCUT2D eigenvalue weighted by Crippen LogP contribution is -2.51. The van der Waals surface area contributed by atoms with Crippen molar-refractivity contribution in [1.29, 1.82) is 0 Å². The summed E-state index contributed by atoms with van der Waals surface area (Å²) in [6.07, 6.45) is 9.53. The standard InChI is InChI=1S/C52H41N/c1-51(2)46-27-11-13-29-48(46)52(49-30-14-12-28-47(49)51)45-26-10-9-25-43(45)44-32-31-39(35-50(44)52)37-18-15-17-36(33-37)38-19-16-24-42(34-38)53(40-20-5-3-6-21-40)41-22-7-4-8-23-41/h3-35,46,48H,1-2H3. The van der Waals surface area contributed by atoms with Crippen LogP contribution in [0.25, 0.3) is 33.4 Å².